The van der Waals surface area contributed by atoms with Gasteiger partial charge in [0.15, 0.2) is 0 Å². The molecule has 0 radical (unpaired) electrons. The number of hydrogen-bond donors (Lipinski definition) is 4. The summed E-state index contributed by atoms with van der Waals surface area (Å²) in [7, 11) is 0. The number of rotatable bonds is 6. The van der Waals surface area contributed by atoms with Crippen molar-refractivity contribution in [3.63, 3.8) is 0 Å². The predicted molar refractivity (Wildman–Crippen MR) is 51.3 cm³/mol. The molecule has 0 fully saturated rings. The normalized spacial score (nSPS) is 9.00. The Labute approximate surface area is 75.0 Å². The summed E-state index contributed by atoms with van der Waals surface area (Å²) in [5.41, 5.74) is 0. The van der Waals surface area contributed by atoms with Crippen molar-refractivity contribution in [2.24, 2.45) is 0 Å². The van der Waals surface area contributed by atoms with Gasteiger partial charge in [-0.25, -0.2) is 0 Å². The Morgan fingerprint density at radius 1 is 0.833 bits per heavy atom. The van der Waals surface area contributed by atoms with Gasteiger partial charge in [-0.3, -0.25) is 0 Å². The molecule has 0 aromatic rings. The maximum atomic E-state index is 8.13. The van der Waals surface area contributed by atoms with Crippen LogP contribution in [0.5, 0.6) is 0 Å². The summed E-state index contributed by atoms with van der Waals surface area (Å²) in [5, 5.41) is 22.2. The quantitative estimate of drug-likeness (QED) is 0.401. The van der Waals surface area contributed by atoms with Crippen molar-refractivity contribution < 1.29 is 10.2 Å². The molecule has 0 unspecified atom stereocenters. The van der Waals surface area contributed by atoms with E-state index in [1.165, 1.54) is 0 Å². The highest BCUT2D eigenvalue weighted by atomic mass is 16.3. The Hall–Kier alpha value is -0.160. The average Bonchev–Trinajstić information content (AvgIpc) is 2.12. The van der Waals surface area contributed by atoms with Crippen LogP contribution in [0, 0.1) is 0 Å². The van der Waals surface area contributed by atoms with Crippen molar-refractivity contribution >= 4 is 0 Å². The summed E-state index contributed by atoms with van der Waals surface area (Å²) in [6.45, 7) is 7.83. The highest BCUT2D eigenvalue weighted by Gasteiger charge is 1.72. The van der Waals surface area contributed by atoms with Gasteiger partial charge >= 0.3 is 0 Å². The largest absolute Gasteiger partial charge is 0.395 e. The zero-order chi connectivity index (χ0) is 9.66. The lowest BCUT2D eigenvalue weighted by atomic mass is 10.6. The van der Waals surface area contributed by atoms with Gasteiger partial charge in [-0.2, -0.15) is 0 Å². The van der Waals surface area contributed by atoms with Crippen molar-refractivity contribution in [2.45, 2.75) is 13.8 Å². The van der Waals surface area contributed by atoms with Gasteiger partial charge in [0.25, 0.3) is 0 Å². The lowest BCUT2D eigenvalue weighted by Gasteiger charge is -1.91. The molecule has 0 aliphatic carbocycles. The fraction of sp³-hybridized carbons (Fsp3) is 1.00. The summed E-state index contributed by atoms with van der Waals surface area (Å²) in [4.78, 5) is 0. The third-order valence-electron chi connectivity index (χ3n) is 1.08. The molecule has 0 saturated heterocycles. The summed E-state index contributed by atoms with van der Waals surface area (Å²) < 4.78 is 0. The van der Waals surface area contributed by atoms with Gasteiger partial charge in [0.05, 0.1) is 13.2 Å². The van der Waals surface area contributed by atoms with E-state index < -0.39 is 0 Å². The minimum absolute atomic E-state index is 0.244. The van der Waals surface area contributed by atoms with Gasteiger partial charge in [-0.15, -0.1) is 0 Å². The molecule has 4 N–H and O–H groups in total. The Kier molecular flexibility index (Phi) is 20.4. The van der Waals surface area contributed by atoms with E-state index >= 15 is 0 Å². The third kappa shape index (κ3) is 22.5. The van der Waals surface area contributed by atoms with E-state index in [2.05, 4.69) is 10.6 Å². The van der Waals surface area contributed by atoms with Gasteiger partial charge in [0, 0.05) is 13.1 Å². The van der Waals surface area contributed by atoms with Gasteiger partial charge < -0.3 is 20.8 Å². The molecule has 0 amide bonds. The zero-order valence-corrected chi connectivity index (χ0v) is 8.14. The van der Waals surface area contributed by atoms with E-state index in [-0.39, 0.29) is 13.2 Å². The molecular weight excluding hydrogens is 156 g/mol. The maximum Gasteiger partial charge on any atom is 0.0555 e. The molecule has 0 bridgehead atoms. The summed E-state index contributed by atoms with van der Waals surface area (Å²) in [6, 6.07) is 0. The first-order valence-corrected chi connectivity index (χ1v) is 4.46. The Morgan fingerprint density at radius 3 is 1.25 bits per heavy atom. The minimum atomic E-state index is 0.244. The Morgan fingerprint density at radius 2 is 1.17 bits per heavy atom. The molecule has 0 aromatic carbocycles. The second-order valence-electron chi connectivity index (χ2n) is 2.15. The summed E-state index contributed by atoms with van der Waals surface area (Å²) in [6.07, 6.45) is 0. The molecule has 4 nitrogen and oxygen atoms in total. The van der Waals surface area contributed by atoms with Crippen LogP contribution in [0.1, 0.15) is 13.8 Å². The van der Waals surface area contributed by atoms with Crippen LogP contribution in [0.2, 0.25) is 0 Å². The molecule has 0 atom stereocenters. The highest BCUT2D eigenvalue weighted by Crippen LogP contribution is 1.51. The summed E-state index contributed by atoms with van der Waals surface area (Å²) in [5.74, 6) is 0. The van der Waals surface area contributed by atoms with Crippen LogP contribution in [0.3, 0.4) is 0 Å². The molecule has 76 valence electrons. The van der Waals surface area contributed by atoms with Crippen molar-refractivity contribution in [1.82, 2.24) is 10.6 Å². The monoisotopic (exact) mass is 178 g/mol. The average molecular weight is 178 g/mol. The van der Waals surface area contributed by atoms with E-state index in [1.807, 2.05) is 13.8 Å². The fourth-order valence-electron chi connectivity index (χ4n) is 0.512. The van der Waals surface area contributed by atoms with Crippen molar-refractivity contribution in [3.05, 3.63) is 0 Å². The molecule has 0 rings (SSSR count). The summed E-state index contributed by atoms with van der Waals surface area (Å²) >= 11 is 0. The van der Waals surface area contributed by atoms with Crippen molar-refractivity contribution in [2.75, 3.05) is 39.4 Å². The van der Waals surface area contributed by atoms with E-state index in [4.69, 9.17) is 10.2 Å². The van der Waals surface area contributed by atoms with Crippen LogP contribution >= 0.6 is 0 Å². The fourth-order valence-corrected chi connectivity index (χ4v) is 0.512. The van der Waals surface area contributed by atoms with Crippen molar-refractivity contribution in [1.29, 1.82) is 0 Å². The van der Waals surface area contributed by atoms with Gasteiger partial charge in [-0.05, 0) is 13.1 Å². The smallest absolute Gasteiger partial charge is 0.0555 e. The Bertz CT molecular complexity index is 47.0. The second kappa shape index (κ2) is 17.1. The topological polar surface area (TPSA) is 64.5 Å². The van der Waals surface area contributed by atoms with E-state index in [0.717, 1.165) is 26.2 Å². The molecule has 0 spiro atoms. The van der Waals surface area contributed by atoms with E-state index in [0.29, 0.717) is 0 Å². The number of aliphatic hydroxyl groups excluding tert-OH is 2. The number of aliphatic hydroxyl groups is 2. The lowest BCUT2D eigenvalue weighted by molar-refractivity contribution is 0.293. The molecular formula is C8H22N2O2. The number of hydrogen-bond acceptors (Lipinski definition) is 4. The molecule has 0 saturated carbocycles. The first-order chi connectivity index (χ1) is 5.83. The first kappa shape index (κ1) is 14.4. The maximum absolute atomic E-state index is 8.13. The molecule has 0 heterocycles. The van der Waals surface area contributed by atoms with E-state index in [1.54, 1.807) is 0 Å². The lowest BCUT2D eigenvalue weighted by Crippen LogP contribution is -2.16. The molecule has 4 heteroatoms. The van der Waals surface area contributed by atoms with Crippen LogP contribution in [-0.2, 0) is 0 Å². The van der Waals surface area contributed by atoms with Crippen LogP contribution in [-0.4, -0.2) is 49.6 Å². The third-order valence-corrected chi connectivity index (χ3v) is 1.08. The van der Waals surface area contributed by atoms with Crippen LogP contribution in [0.4, 0.5) is 0 Å². The van der Waals surface area contributed by atoms with E-state index in [9.17, 15) is 0 Å². The second-order valence-corrected chi connectivity index (χ2v) is 2.15. The van der Waals surface area contributed by atoms with Gasteiger partial charge in [0.2, 0.25) is 0 Å². The molecule has 0 aliphatic rings. The van der Waals surface area contributed by atoms with Crippen LogP contribution in [0.15, 0.2) is 0 Å². The van der Waals surface area contributed by atoms with Crippen LogP contribution in [0.25, 0.3) is 0 Å². The first-order valence-electron chi connectivity index (χ1n) is 4.46. The van der Waals surface area contributed by atoms with Gasteiger partial charge in [0.1, 0.15) is 0 Å². The van der Waals surface area contributed by atoms with Gasteiger partial charge in [-0.1, -0.05) is 13.8 Å². The minimum Gasteiger partial charge on any atom is -0.395 e. The SMILES string of the molecule is CCNCCO.CCNCCO. The highest BCUT2D eigenvalue weighted by molar-refractivity contribution is 4.35. The predicted octanol–water partition coefficient (Wildman–Crippen LogP) is -0.824. The van der Waals surface area contributed by atoms with Crippen molar-refractivity contribution in [3.8, 4) is 0 Å². The molecule has 0 aliphatic heterocycles. The number of likely N-dealkylation sites (N-methyl/N-ethyl adjacent to an activating group) is 2. The zero-order valence-electron chi connectivity index (χ0n) is 8.14. The Balaban J connectivity index is 0. The standard InChI is InChI=1S/2C4H11NO/c2*1-2-5-3-4-6/h2*5-6H,2-4H2,1H3. The molecule has 12 heavy (non-hydrogen) atoms. The number of nitrogens with one attached hydrogen (secondary N) is 2. The molecule has 0 aromatic heterocycles. The van der Waals surface area contributed by atoms with Crippen LogP contribution < -0.4 is 10.6 Å².